The van der Waals surface area contributed by atoms with Gasteiger partial charge in [-0.2, -0.15) is 0 Å². The van der Waals surface area contributed by atoms with Crippen molar-refractivity contribution < 1.29 is 29.3 Å². The summed E-state index contributed by atoms with van der Waals surface area (Å²) < 4.78 is 9.90. The molecule has 2 N–H and O–H groups in total. The maximum absolute atomic E-state index is 12.3. The molecule has 0 aliphatic carbocycles. The van der Waals surface area contributed by atoms with E-state index in [9.17, 15) is 19.8 Å². The molecule has 7 nitrogen and oxygen atoms in total. The zero-order chi connectivity index (χ0) is 16.3. The van der Waals surface area contributed by atoms with Gasteiger partial charge in [0.1, 0.15) is 11.5 Å². The normalized spacial score (nSPS) is 15.0. The standard InChI is InChI=1S/C15H17NO6/c1-3-21-13(19)15(14(20)22-4-2)7-9-5-10(17)6-12(18)11(9)8-16-15/h5-6,8,17-18H,3-4,7H2,1-2H3. The van der Waals surface area contributed by atoms with Crippen LogP contribution < -0.4 is 0 Å². The number of carbonyl (C=O) groups excluding carboxylic acids is 2. The minimum atomic E-state index is -1.85. The van der Waals surface area contributed by atoms with E-state index in [1.54, 1.807) is 13.8 Å². The van der Waals surface area contributed by atoms with Crippen LogP contribution in [-0.2, 0) is 25.5 Å². The Kier molecular flexibility index (Phi) is 4.35. The Labute approximate surface area is 127 Å². The molecule has 1 aromatic rings. The van der Waals surface area contributed by atoms with Gasteiger partial charge in [0, 0.05) is 24.3 Å². The lowest BCUT2D eigenvalue weighted by Gasteiger charge is -2.29. The first-order chi connectivity index (χ1) is 10.4. The molecule has 0 fully saturated rings. The van der Waals surface area contributed by atoms with Gasteiger partial charge in [-0.05, 0) is 25.5 Å². The third kappa shape index (κ3) is 2.61. The second kappa shape index (κ2) is 6.05. The van der Waals surface area contributed by atoms with Crippen LogP contribution in [0.2, 0.25) is 0 Å². The molecule has 0 amide bonds. The summed E-state index contributed by atoms with van der Waals surface area (Å²) in [5.74, 6) is -2.00. The summed E-state index contributed by atoms with van der Waals surface area (Å²) in [5.41, 5.74) is -1.09. The number of carbonyl (C=O) groups is 2. The second-order valence-corrected chi connectivity index (χ2v) is 4.77. The molecule has 0 aromatic heterocycles. The predicted molar refractivity (Wildman–Crippen MR) is 77.1 cm³/mol. The quantitative estimate of drug-likeness (QED) is 0.633. The molecular formula is C15H17NO6. The molecule has 0 radical (unpaired) electrons. The lowest BCUT2D eigenvalue weighted by Crippen LogP contribution is -2.50. The van der Waals surface area contributed by atoms with E-state index in [2.05, 4.69) is 4.99 Å². The van der Waals surface area contributed by atoms with Gasteiger partial charge in [-0.1, -0.05) is 0 Å². The molecular weight excluding hydrogens is 290 g/mol. The van der Waals surface area contributed by atoms with Crippen molar-refractivity contribution in [3.63, 3.8) is 0 Å². The molecule has 0 bridgehead atoms. The van der Waals surface area contributed by atoms with Crippen LogP contribution in [-0.4, -0.2) is 47.1 Å². The van der Waals surface area contributed by atoms with E-state index < -0.39 is 17.5 Å². The number of phenolic OH excluding ortho intramolecular Hbond substituents is 2. The largest absolute Gasteiger partial charge is 0.508 e. The number of esters is 2. The lowest BCUT2D eigenvalue weighted by molar-refractivity contribution is -0.163. The Hall–Kier alpha value is -2.57. The van der Waals surface area contributed by atoms with Gasteiger partial charge in [-0.15, -0.1) is 0 Å². The SMILES string of the molecule is CCOC(=O)C1(C(=O)OCC)Cc2cc(O)cc(O)c2C=N1. The van der Waals surface area contributed by atoms with Crippen LogP contribution in [0.1, 0.15) is 25.0 Å². The van der Waals surface area contributed by atoms with E-state index in [0.29, 0.717) is 11.1 Å². The maximum atomic E-state index is 12.3. The Morgan fingerprint density at radius 3 is 2.32 bits per heavy atom. The molecule has 0 spiro atoms. The molecule has 0 saturated carbocycles. The molecule has 118 valence electrons. The zero-order valence-corrected chi connectivity index (χ0v) is 12.3. The summed E-state index contributed by atoms with van der Waals surface area (Å²) >= 11 is 0. The van der Waals surface area contributed by atoms with Gasteiger partial charge in [0.15, 0.2) is 0 Å². The molecule has 1 heterocycles. The van der Waals surface area contributed by atoms with E-state index in [-0.39, 0.29) is 31.1 Å². The highest BCUT2D eigenvalue weighted by Gasteiger charge is 2.50. The second-order valence-electron chi connectivity index (χ2n) is 4.77. The van der Waals surface area contributed by atoms with Crippen molar-refractivity contribution in [2.45, 2.75) is 25.8 Å². The molecule has 0 atom stereocenters. The average Bonchev–Trinajstić information content (AvgIpc) is 2.46. The van der Waals surface area contributed by atoms with Gasteiger partial charge >= 0.3 is 11.9 Å². The monoisotopic (exact) mass is 307 g/mol. The number of aromatic hydroxyl groups is 2. The highest BCUT2D eigenvalue weighted by molar-refractivity contribution is 6.09. The lowest BCUT2D eigenvalue weighted by atomic mass is 9.86. The number of nitrogens with zero attached hydrogens (tertiary/aromatic N) is 1. The van der Waals surface area contributed by atoms with Gasteiger partial charge in [-0.3, -0.25) is 4.99 Å². The van der Waals surface area contributed by atoms with E-state index >= 15 is 0 Å². The van der Waals surface area contributed by atoms with Gasteiger partial charge in [0.2, 0.25) is 0 Å². The number of phenols is 2. The number of hydrogen-bond donors (Lipinski definition) is 2. The highest BCUT2D eigenvalue weighted by atomic mass is 16.6. The number of ether oxygens (including phenoxy) is 2. The van der Waals surface area contributed by atoms with Crippen molar-refractivity contribution in [2.24, 2.45) is 4.99 Å². The van der Waals surface area contributed by atoms with Crippen molar-refractivity contribution in [3.8, 4) is 11.5 Å². The van der Waals surface area contributed by atoms with Crippen LogP contribution in [0.25, 0.3) is 0 Å². The minimum absolute atomic E-state index is 0.0909. The smallest absolute Gasteiger partial charge is 0.346 e. The van der Waals surface area contributed by atoms with E-state index in [0.717, 1.165) is 6.07 Å². The van der Waals surface area contributed by atoms with Crippen molar-refractivity contribution in [2.75, 3.05) is 13.2 Å². The Balaban J connectivity index is 2.50. The Morgan fingerprint density at radius 1 is 1.18 bits per heavy atom. The number of benzene rings is 1. The number of rotatable bonds is 4. The molecule has 1 aliphatic heterocycles. The van der Waals surface area contributed by atoms with Crippen LogP contribution in [0.4, 0.5) is 0 Å². The first kappa shape index (κ1) is 15.8. The molecule has 7 heteroatoms. The summed E-state index contributed by atoms with van der Waals surface area (Å²) in [5, 5.41) is 19.4. The van der Waals surface area contributed by atoms with Crippen LogP contribution in [0.5, 0.6) is 11.5 Å². The fourth-order valence-corrected chi connectivity index (χ4v) is 2.31. The first-order valence-corrected chi connectivity index (χ1v) is 6.89. The zero-order valence-electron chi connectivity index (χ0n) is 12.3. The van der Waals surface area contributed by atoms with Crippen molar-refractivity contribution in [3.05, 3.63) is 23.3 Å². The van der Waals surface area contributed by atoms with Gasteiger partial charge < -0.3 is 19.7 Å². The van der Waals surface area contributed by atoms with Crippen molar-refractivity contribution >= 4 is 18.2 Å². The third-order valence-electron chi connectivity index (χ3n) is 3.32. The fraction of sp³-hybridized carbons (Fsp3) is 0.400. The molecule has 0 unspecified atom stereocenters. The van der Waals surface area contributed by atoms with Crippen LogP contribution in [0.3, 0.4) is 0 Å². The predicted octanol–water partition coefficient (Wildman–Crippen LogP) is 0.938. The number of aliphatic imine (C=N–C) groups is 1. The fourth-order valence-electron chi connectivity index (χ4n) is 2.31. The highest BCUT2D eigenvalue weighted by Crippen LogP contribution is 2.34. The molecule has 2 rings (SSSR count). The summed E-state index contributed by atoms with van der Waals surface area (Å²) in [6.07, 6.45) is 1.07. The summed E-state index contributed by atoms with van der Waals surface area (Å²) in [6, 6.07) is 2.53. The van der Waals surface area contributed by atoms with Crippen molar-refractivity contribution in [1.82, 2.24) is 0 Å². The third-order valence-corrected chi connectivity index (χ3v) is 3.32. The van der Waals surface area contributed by atoms with E-state index in [1.807, 2.05) is 0 Å². The van der Waals surface area contributed by atoms with Gasteiger partial charge in [-0.25, -0.2) is 9.59 Å². The summed E-state index contributed by atoms with van der Waals surface area (Å²) in [7, 11) is 0. The summed E-state index contributed by atoms with van der Waals surface area (Å²) in [6.45, 7) is 3.42. The van der Waals surface area contributed by atoms with E-state index in [4.69, 9.17) is 9.47 Å². The molecule has 1 aliphatic rings. The van der Waals surface area contributed by atoms with Crippen LogP contribution in [0.15, 0.2) is 17.1 Å². The topological polar surface area (TPSA) is 105 Å². The van der Waals surface area contributed by atoms with Crippen LogP contribution in [0, 0.1) is 0 Å². The van der Waals surface area contributed by atoms with Gasteiger partial charge in [0.05, 0.1) is 13.2 Å². The molecule has 0 saturated heterocycles. The summed E-state index contributed by atoms with van der Waals surface area (Å²) in [4.78, 5) is 28.5. The average molecular weight is 307 g/mol. The van der Waals surface area contributed by atoms with E-state index in [1.165, 1.54) is 12.3 Å². The Bertz CT molecular complexity index is 619. The number of hydrogen-bond acceptors (Lipinski definition) is 7. The molecule has 1 aromatic carbocycles. The molecule has 22 heavy (non-hydrogen) atoms. The maximum Gasteiger partial charge on any atom is 0.346 e. The minimum Gasteiger partial charge on any atom is -0.508 e. The van der Waals surface area contributed by atoms with Crippen LogP contribution >= 0.6 is 0 Å². The van der Waals surface area contributed by atoms with Crippen molar-refractivity contribution in [1.29, 1.82) is 0 Å². The Morgan fingerprint density at radius 2 is 1.77 bits per heavy atom. The first-order valence-electron chi connectivity index (χ1n) is 6.89. The van der Waals surface area contributed by atoms with Gasteiger partial charge in [0.25, 0.3) is 5.54 Å². The number of fused-ring (bicyclic) bond motifs is 1.